The summed E-state index contributed by atoms with van der Waals surface area (Å²) in [5.74, 6) is 1.34. The molecule has 280 valence electrons. The van der Waals surface area contributed by atoms with Gasteiger partial charge in [0.2, 0.25) is 0 Å². The van der Waals surface area contributed by atoms with E-state index in [1.165, 1.54) is 55.1 Å². The monoisotopic (exact) mass is 681 g/mol. The highest BCUT2D eigenvalue weighted by atomic mass is 19.1. The highest BCUT2D eigenvalue weighted by molar-refractivity contribution is 5.34. The first-order valence-corrected chi connectivity index (χ1v) is 18.2. The highest BCUT2D eigenvalue weighted by Gasteiger charge is 2.31. The second-order valence-corrected chi connectivity index (χ2v) is 13.8. The van der Waals surface area contributed by atoms with Crippen LogP contribution in [0.15, 0.2) is 79.2 Å². The Morgan fingerprint density at radius 1 is 1.06 bits per heavy atom. The molecule has 1 aliphatic carbocycles. The summed E-state index contributed by atoms with van der Waals surface area (Å²) in [7, 11) is 4.06. The van der Waals surface area contributed by atoms with E-state index < -0.39 is 5.82 Å². The molecule has 1 N–H and O–H groups in total. The van der Waals surface area contributed by atoms with Crippen molar-refractivity contribution in [2.75, 3.05) is 14.1 Å². The summed E-state index contributed by atoms with van der Waals surface area (Å²) in [6, 6.07) is 3.64. The van der Waals surface area contributed by atoms with Gasteiger partial charge in [-0.1, -0.05) is 125 Å². The fraction of sp³-hybridized carbons (Fsp3) is 0.591. The summed E-state index contributed by atoms with van der Waals surface area (Å²) in [5, 5.41) is 12.0. The van der Waals surface area contributed by atoms with E-state index in [2.05, 4.69) is 109 Å². The number of pyridine rings is 1. The number of hydrogen-bond donors (Lipinski definition) is 1. The van der Waals surface area contributed by atoms with Gasteiger partial charge in [-0.05, 0) is 95.8 Å². The molecule has 0 bridgehead atoms. The number of halogens is 1. The molecule has 49 heavy (non-hydrogen) atoms. The molecule has 1 aromatic rings. The van der Waals surface area contributed by atoms with Gasteiger partial charge in [0.1, 0.15) is 11.9 Å². The van der Waals surface area contributed by atoms with Crippen molar-refractivity contribution in [3.05, 3.63) is 102 Å². The average molecular weight is 681 g/mol. The lowest BCUT2D eigenvalue weighted by molar-refractivity contribution is 0.351. The molecule has 2 rings (SSSR count). The summed E-state index contributed by atoms with van der Waals surface area (Å²) in [6.45, 7) is 44.0. The van der Waals surface area contributed by atoms with Crippen molar-refractivity contribution < 1.29 is 4.39 Å². The predicted octanol–water partition coefficient (Wildman–Crippen LogP) is 13.2. The van der Waals surface area contributed by atoms with Crippen LogP contribution >= 0.6 is 0 Å². The standard InChI is InChI=1S/C14H27N.C11H19N.C8H7FN2.C5H12.C4H6.C2H6/c1-10(9-14(4,5)6)15-12(3)11(2)13-7-8-13;1-7-10(4)8-11(9(2)3)12(5)6;1-5-7(4-10)3-8(9)6(2)11-5;1-3-5-4-2;1-3-4-2;1-2/h11-13,15H,1,7-9H2,2-6H3;7-8H,2H2,1,3-6H3;3H,1-2H3;3-5H2,1-2H3;3-4H,1-2H2;1-2H3/b;10-7-,11-8+;;;;. The van der Waals surface area contributed by atoms with Crippen molar-refractivity contribution in [1.82, 2.24) is 15.2 Å². The Kier molecular flexibility index (Phi) is 32.8. The smallest absolute Gasteiger partial charge is 0.145 e. The molecule has 0 aliphatic heterocycles. The zero-order chi connectivity index (χ0) is 39.3. The maximum atomic E-state index is 12.7. The number of aryl methyl sites for hydroxylation is 2. The topological polar surface area (TPSA) is 52.0 Å². The summed E-state index contributed by atoms with van der Waals surface area (Å²) < 4.78 is 12.7. The Morgan fingerprint density at radius 2 is 1.55 bits per heavy atom. The molecule has 2 unspecified atom stereocenters. The number of hydrogen-bond acceptors (Lipinski definition) is 4. The predicted molar refractivity (Wildman–Crippen MR) is 219 cm³/mol. The number of likely N-dealkylation sites (N-methyl/N-ethyl adjacent to an activating group) is 1. The zero-order valence-corrected chi connectivity index (χ0v) is 34.9. The Bertz CT molecular complexity index is 1160. The van der Waals surface area contributed by atoms with Crippen LogP contribution in [0.2, 0.25) is 0 Å². The van der Waals surface area contributed by atoms with Crippen molar-refractivity contribution in [3.8, 4) is 6.07 Å². The molecular formula is C44H77FN4. The number of nitriles is 1. The summed E-state index contributed by atoms with van der Waals surface area (Å²) >= 11 is 0. The molecular weight excluding hydrogens is 604 g/mol. The van der Waals surface area contributed by atoms with Gasteiger partial charge in [-0.15, -0.1) is 0 Å². The van der Waals surface area contributed by atoms with E-state index >= 15 is 0 Å². The molecule has 0 spiro atoms. The van der Waals surface area contributed by atoms with Crippen molar-refractivity contribution in [2.24, 2.45) is 17.3 Å². The minimum absolute atomic E-state index is 0.299. The van der Waals surface area contributed by atoms with Crippen LogP contribution in [0.4, 0.5) is 4.39 Å². The Balaban J connectivity index is -0.000000272. The maximum Gasteiger partial charge on any atom is 0.145 e. The Morgan fingerprint density at radius 3 is 1.86 bits per heavy atom. The number of unbranched alkanes of at least 4 members (excludes halogenated alkanes) is 2. The molecule has 0 radical (unpaired) electrons. The van der Waals surface area contributed by atoms with Crippen LogP contribution < -0.4 is 5.32 Å². The van der Waals surface area contributed by atoms with Gasteiger partial charge < -0.3 is 10.2 Å². The quantitative estimate of drug-likeness (QED) is 0.236. The van der Waals surface area contributed by atoms with Crippen LogP contribution in [0, 0.1) is 48.2 Å². The minimum atomic E-state index is -0.424. The molecule has 1 saturated carbocycles. The van der Waals surface area contributed by atoms with E-state index in [0.29, 0.717) is 28.4 Å². The molecule has 5 heteroatoms. The molecule has 1 aliphatic rings. The fourth-order valence-corrected chi connectivity index (χ4v) is 4.28. The van der Waals surface area contributed by atoms with Gasteiger partial charge >= 0.3 is 0 Å². The lowest BCUT2D eigenvalue weighted by Gasteiger charge is -2.27. The second kappa shape index (κ2) is 30.7. The van der Waals surface area contributed by atoms with E-state index in [-0.39, 0.29) is 0 Å². The maximum absolute atomic E-state index is 12.7. The van der Waals surface area contributed by atoms with Gasteiger partial charge in [0, 0.05) is 31.5 Å². The molecule has 0 amide bonds. The first kappa shape index (κ1) is 52.4. The largest absolute Gasteiger partial charge is 0.386 e. The van der Waals surface area contributed by atoms with Crippen LogP contribution in [0.5, 0.6) is 0 Å². The van der Waals surface area contributed by atoms with Gasteiger partial charge in [0.15, 0.2) is 0 Å². The normalized spacial score (nSPS) is 13.1. The molecule has 1 aromatic heterocycles. The van der Waals surface area contributed by atoms with Gasteiger partial charge in [-0.25, -0.2) is 4.39 Å². The average Bonchev–Trinajstić information content (AvgIpc) is 3.88. The number of allylic oxidation sites excluding steroid dienone is 7. The molecule has 1 fully saturated rings. The lowest BCUT2D eigenvalue weighted by atomic mass is 9.90. The number of nitrogens with zero attached hydrogens (tertiary/aromatic N) is 3. The number of nitrogens with one attached hydrogen (secondary N) is 1. The number of aromatic nitrogens is 1. The van der Waals surface area contributed by atoms with Gasteiger partial charge in [-0.3, -0.25) is 4.98 Å². The Hall–Kier alpha value is -3.39. The first-order valence-electron chi connectivity index (χ1n) is 18.2. The van der Waals surface area contributed by atoms with Crippen LogP contribution in [-0.2, 0) is 0 Å². The van der Waals surface area contributed by atoms with Crippen LogP contribution in [0.25, 0.3) is 0 Å². The van der Waals surface area contributed by atoms with E-state index in [1.807, 2.05) is 47.9 Å². The highest BCUT2D eigenvalue weighted by Crippen LogP contribution is 2.38. The van der Waals surface area contributed by atoms with Crippen LogP contribution in [-0.4, -0.2) is 30.0 Å². The second-order valence-electron chi connectivity index (χ2n) is 13.8. The van der Waals surface area contributed by atoms with Crippen molar-refractivity contribution in [1.29, 1.82) is 5.26 Å². The molecule has 1 heterocycles. The molecule has 2 atom stereocenters. The Labute approximate surface area is 305 Å². The van der Waals surface area contributed by atoms with Gasteiger partial charge in [-0.2, -0.15) is 5.26 Å². The van der Waals surface area contributed by atoms with Crippen molar-refractivity contribution in [2.45, 2.75) is 141 Å². The molecule has 4 nitrogen and oxygen atoms in total. The van der Waals surface area contributed by atoms with E-state index in [0.717, 1.165) is 23.8 Å². The lowest BCUT2D eigenvalue weighted by Crippen LogP contribution is -2.33. The number of rotatable bonds is 11. The van der Waals surface area contributed by atoms with E-state index in [1.54, 1.807) is 26.0 Å². The zero-order valence-electron chi connectivity index (χ0n) is 34.9. The van der Waals surface area contributed by atoms with Crippen LogP contribution in [0.3, 0.4) is 0 Å². The van der Waals surface area contributed by atoms with Crippen molar-refractivity contribution >= 4 is 0 Å². The fourth-order valence-electron chi connectivity index (χ4n) is 4.28. The third-order valence-corrected chi connectivity index (χ3v) is 7.40. The van der Waals surface area contributed by atoms with E-state index in [4.69, 9.17) is 5.26 Å². The van der Waals surface area contributed by atoms with Gasteiger partial charge in [0.25, 0.3) is 0 Å². The molecule has 0 aromatic carbocycles. The minimum Gasteiger partial charge on any atom is -0.386 e. The van der Waals surface area contributed by atoms with E-state index in [9.17, 15) is 4.39 Å². The SMILES string of the molecule is C=C(C)/C(=C\C(C)=C/C)N(C)C.C=C(CC(C)(C)C)NC(C)C(C)C1CC1.C=CC=C.CC.CCCCC.Cc1nc(C)c(C#N)cc1F. The molecule has 0 saturated heterocycles. The van der Waals surface area contributed by atoms with Crippen LogP contribution in [0.1, 0.15) is 139 Å². The van der Waals surface area contributed by atoms with Crippen molar-refractivity contribution in [3.63, 3.8) is 0 Å². The third kappa shape index (κ3) is 30.4. The summed E-state index contributed by atoms with van der Waals surface area (Å²) in [5.41, 5.74) is 6.30. The summed E-state index contributed by atoms with van der Waals surface area (Å²) in [4.78, 5) is 5.93. The third-order valence-electron chi connectivity index (χ3n) is 7.40. The summed E-state index contributed by atoms with van der Waals surface area (Å²) in [6.07, 6.45) is 15.5. The van der Waals surface area contributed by atoms with Gasteiger partial charge in [0.05, 0.1) is 17.0 Å². The first-order chi connectivity index (χ1) is 22.8.